The molecule has 0 unspecified atom stereocenters. The summed E-state index contributed by atoms with van der Waals surface area (Å²) in [6.45, 7) is 7.34. The molecule has 1 amide bonds. The van der Waals surface area contributed by atoms with E-state index in [1.165, 1.54) is 25.7 Å². The molecule has 2 aromatic rings. The maximum Gasteiger partial charge on any atom is 0.260 e. The molecule has 5 rings (SSSR count). The van der Waals surface area contributed by atoms with E-state index < -0.39 is 0 Å². The number of nitrogens with zero attached hydrogens (tertiary/aromatic N) is 4. The second kappa shape index (κ2) is 8.26. The van der Waals surface area contributed by atoms with Gasteiger partial charge in [-0.1, -0.05) is 25.0 Å². The highest BCUT2D eigenvalue weighted by Gasteiger charge is 2.55. The number of aryl methyl sites for hydroxylation is 2. The first-order chi connectivity index (χ1) is 15.0. The molecule has 2 atom stereocenters. The van der Waals surface area contributed by atoms with Crippen LogP contribution in [0.3, 0.4) is 0 Å². The van der Waals surface area contributed by atoms with Gasteiger partial charge in [-0.2, -0.15) is 0 Å². The summed E-state index contributed by atoms with van der Waals surface area (Å²) < 4.78 is 11.8. The van der Waals surface area contributed by atoms with Crippen LogP contribution in [-0.2, 0) is 10.2 Å². The Morgan fingerprint density at radius 2 is 2.06 bits per heavy atom. The molecule has 0 spiro atoms. The van der Waals surface area contributed by atoms with Crippen molar-refractivity contribution in [1.29, 1.82) is 0 Å². The Labute approximate surface area is 183 Å². The number of fused-ring (bicyclic) bond motifs is 1. The fourth-order valence-corrected chi connectivity index (χ4v) is 5.78. The van der Waals surface area contributed by atoms with Gasteiger partial charge in [-0.05, 0) is 43.9 Å². The number of amides is 1. The summed E-state index contributed by atoms with van der Waals surface area (Å²) in [5, 5.41) is 8.57. The summed E-state index contributed by atoms with van der Waals surface area (Å²) in [6.07, 6.45) is 6.05. The molecule has 1 aromatic heterocycles. The molecule has 3 aliphatic rings. The Balaban J connectivity index is 1.30. The Bertz CT molecular complexity index is 938. The van der Waals surface area contributed by atoms with Crippen LogP contribution in [0.5, 0.6) is 5.75 Å². The zero-order valence-corrected chi connectivity index (χ0v) is 18.5. The number of aromatic nitrogens is 2. The lowest BCUT2D eigenvalue weighted by atomic mass is 9.72. The molecular formula is C24H32N4O3. The summed E-state index contributed by atoms with van der Waals surface area (Å²) in [5.74, 6) is 2.49. The fraction of sp³-hybridized carbons (Fsp3) is 0.625. The topological polar surface area (TPSA) is 71.7 Å². The molecule has 1 saturated carbocycles. The number of carbonyl (C=O) groups excluding carboxylic acids is 1. The predicted octanol–water partition coefficient (Wildman–Crippen LogP) is 3.11. The smallest absolute Gasteiger partial charge is 0.260 e. The molecule has 1 aromatic carbocycles. The van der Waals surface area contributed by atoms with E-state index in [0.717, 1.165) is 43.3 Å². The number of carbonyl (C=O) groups is 1. The Morgan fingerprint density at radius 3 is 2.81 bits per heavy atom. The first-order valence-electron chi connectivity index (χ1n) is 11.6. The van der Waals surface area contributed by atoms with Crippen LogP contribution in [0.15, 0.2) is 28.7 Å². The third-order valence-corrected chi connectivity index (χ3v) is 7.49. The second-order valence-corrected chi connectivity index (χ2v) is 9.54. The molecule has 2 aliphatic heterocycles. The van der Waals surface area contributed by atoms with Crippen LogP contribution in [0.2, 0.25) is 0 Å². The van der Waals surface area contributed by atoms with Gasteiger partial charge in [0, 0.05) is 45.1 Å². The van der Waals surface area contributed by atoms with Gasteiger partial charge in [0.2, 0.25) is 11.8 Å². The van der Waals surface area contributed by atoms with E-state index >= 15 is 0 Å². The van der Waals surface area contributed by atoms with Crippen LogP contribution in [0.25, 0.3) is 0 Å². The lowest BCUT2D eigenvalue weighted by molar-refractivity contribution is -0.136. The third-order valence-electron chi connectivity index (χ3n) is 7.49. The number of likely N-dealkylation sites (tertiary alicyclic amines) is 2. The Kier molecular flexibility index (Phi) is 5.46. The molecule has 3 fully saturated rings. The van der Waals surface area contributed by atoms with Gasteiger partial charge in [0.1, 0.15) is 5.75 Å². The van der Waals surface area contributed by atoms with Gasteiger partial charge in [0.05, 0.1) is 5.41 Å². The minimum atomic E-state index is -0.141. The highest BCUT2D eigenvalue weighted by atomic mass is 16.5. The van der Waals surface area contributed by atoms with E-state index in [1.54, 1.807) is 0 Å². The highest BCUT2D eigenvalue weighted by molar-refractivity contribution is 5.78. The van der Waals surface area contributed by atoms with Crippen molar-refractivity contribution >= 4 is 5.91 Å². The lowest BCUT2D eigenvalue weighted by Gasteiger charge is -2.41. The summed E-state index contributed by atoms with van der Waals surface area (Å²) in [7, 11) is 0. The molecular weight excluding hydrogens is 392 g/mol. The molecule has 166 valence electrons. The Morgan fingerprint density at radius 1 is 1.23 bits per heavy atom. The molecule has 0 radical (unpaired) electrons. The highest BCUT2D eigenvalue weighted by Crippen LogP contribution is 2.46. The van der Waals surface area contributed by atoms with E-state index in [-0.39, 0.29) is 17.9 Å². The zero-order valence-electron chi connectivity index (χ0n) is 18.5. The Hall–Kier alpha value is -2.41. The standard InChI is InChI=1S/C24H32N4O3/c1-17-6-5-9-21(12-17)30-15-22(29)27-11-10-24(23-26-25-18(2)31-23)16-28(14-19(24)13-27)20-7-3-4-8-20/h5-6,9,12,19-20H,3-4,7-8,10-11,13-16H2,1-2H3/t19-,24-/m0/s1. The van der Waals surface area contributed by atoms with Gasteiger partial charge in [-0.15, -0.1) is 10.2 Å². The van der Waals surface area contributed by atoms with Gasteiger partial charge in [0.15, 0.2) is 6.61 Å². The minimum Gasteiger partial charge on any atom is -0.484 e. The number of benzene rings is 1. The largest absolute Gasteiger partial charge is 0.484 e. The van der Waals surface area contributed by atoms with Crippen molar-refractivity contribution < 1.29 is 13.9 Å². The average molecular weight is 425 g/mol. The van der Waals surface area contributed by atoms with Gasteiger partial charge in [-0.3, -0.25) is 9.69 Å². The van der Waals surface area contributed by atoms with Gasteiger partial charge >= 0.3 is 0 Å². The summed E-state index contributed by atoms with van der Waals surface area (Å²) in [6, 6.07) is 8.49. The van der Waals surface area contributed by atoms with Gasteiger partial charge in [0.25, 0.3) is 5.91 Å². The molecule has 7 heteroatoms. The molecule has 0 bridgehead atoms. The maximum atomic E-state index is 13.0. The number of ether oxygens (including phenoxy) is 1. The fourth-order valence-electron chi connectivity index (χ4n) is 5.78. The lowest BCUT2D eigenvalue weighted by Crippen LogP contribution is -2.52. The monoisotopic (exact) mass is 424 g/mol. The number of hydrogen-bond donors (Lipinski definition) is 0. The predicted molar refractivity (Wildman–Crippen MR) is 116 cm³/mol. The van der Waals surface area contributed by atoms with Crippen molar-refractivity contribution in [2.45, 2.75) is 57.4 Å². The number of rotatable bonds is 5. The number of hydrogen-bond acceptors (Lipinski definition) is 6. The average Bonchev–Trinajstić information content (AvgIpc) is 3.51. The van der Waals surface area contributed by atoms with Crippen LogP contribution in [0.4, 0.5) is 0 Å². The molecule has 3 heterocycles. The first kappa shape index (κ1) is 20.5. The van der Waals surface area contributed by atoms with Crippen LogP contribution in [0.1, 0.15) is 49.4 Å². The van der Waals surface area contributed by atoms with Crippen LogP contribution in [-0.4, -0.2) is 64.7 Å². The molecule has 31 heavy (non-hydrogen) atoms. The van der Waals surface area contributed by atoms with E-state index in [0.29, 0.717) is 24.4 Å². The van der Waals surface area contributed by atoms with E-state index in [4.69, 9.17) is 9.15 Å². The van der Waals surface area contributed by atoms with Crippen molar-refractivity contribution in [3.05, 3.63) is 41.6 Å². The third kappa shape index (κ3) is 3.95. The quantitative estimate of drug-likeness (QED) is 0.735. The normalized spacial score (nSPS) is 26.9. The minimum absolute atomic E-state index is 0.0520. The summed E-state index contributed by atoms with van der Waals surface area (Å²) in [4.78, 5) is 17.6. The van der Waals surface area contributed by atoms with Crippen LogP contribution < -0.4 is 4.74 Å². The molecule has 1 aliphatic carbocycles. The number of piperidine rings is 1. The second-order valence-electron chi connectivity index (χ2n) is 9.54. The molecule has 2 saturated heterocycles. The molecule has 7 nitrogen and oxygen atoms in total. The van der Waals surface area contributed by atoms with Crippen molar-refractivity contribution in [2.24, 2.45) is 5.92 Å². The maximum absolute atomic E-state index is 13.0. The van der Waals surface area contributed by atoms with Crippen LogP contribution in [0, 0.1) is 19.8 Å². The van der Waals surface area contributed by atoms with Crippen molar-refractivity contribution in [3.8, 4) is 5.75 Å². The van der Waals surface area contributed by atoms with Crippen LogP contribution >= 0.6 is 0 Å². The summed E-state index contributed by atoms with van der Waals surface area (Å²) >= 11 is 0. The van der Waals surface area contributed by atoms with Crippen molar-refractivity contribution in [3.63, 3.8) is 0 Å². The first-order valence-corrected chi connectivity index (χ1v) is 11.6. The van der Waals surface area contributed by atoms with Gasteiger partial charge in [-0.25, -0.2) is 0 Å². The summed E-state index contributed by atoms with van der Waals surface area (Å²) in [5.41, 5.74) is 0.985. The van der Waals surface area contributed by atoms with E-state index in [2.05, 4.69) is 15.1 Å². The van der Waals surface area contributed by atoms with E-state index in [1.807, 2.05) is 43.0 Å². The van der Waals surface area contributed by atoms with Crippen molar-refractivity contribution in [2.75, 3.05) is 32.8 Å². The van der Waals surface area contributed by atoms with E-state index in [9.17, 15) is 4.79 Å². The van der Waals surface area contributed by atoms with Crippen molar-refractivity contribution in [1.82, 2.24) is 20.0 Å². The van der Waals surface area contributed by atoms with Gasteiger partial charge < -0.3 is 14.1 Å². The molecule has 0 N–H and O–H groups in total. The SMILES string of the molecule is Cc1cccc(OCC(=O)N2CC[C@]3(c4nnc(C)o4)CN(C4CCCC4)C[C@@H]3C2)c1. The zero-order chi connectivity index (χ0) is 21.4.